The lowest BCUT2D eigenvalue weighted by Crippen LogP contribution is -2.01. The molecule has 0 aliphatic heterocycles. The van der Waals surface area contributed by atoms with Crippen molar-refractivity contribution in [2.45, 2.75) is 6.54 Å². The van der Waals surface area contributed by atoms with Gasteiger partial charge < -0.3 is 10.1 Å². The summed E-state index contributed by atoms with van der Waals surface area (Å²) in [6.45, 7) is 0.706. The lowest BCUT2D eigenvalue weighted by atomic mass is 10.1. The molecular weight excluding hydrogens is 250 g/mol. The number of ether oxygens (including phenoxy) is 1. The van der Waals surface area contributed by atoms with Gasteiger partial charge in [0.05, 0.1) is 12.8 Å². The number of rotatable bonds is 3. The average Bonchev–Trinajstić information content (AvgIpc) is 2.52. The predicted octanol–water partition coefficient (Wildman–Crippen LogP) is 2.82. The molecule has 2 rings (SSSR count). The van der Waals surface area contributed by atoms with Gasteiger partial charge in [-0.25, -0.2) is 4.79 Å². The highest BCUT2D eigenvalue weighted by Gasteiger charge is 1.99. The zero-order valence-electron chi connectivity index (χ0n) is 11.2. The van der Waals surface area contributed by atoms with Crippen molar-refractivity contribution in [2.75, 3.05) is 12.4 Å². The van der Waals surface area contributed by atoms with E-state index in [0.29, 0.717) is 6.54 Å². The molecule has 0 saturated carbocycles. The molecule has 0 heterocycles. The van der Waals surface area contributed by atoms with Gasteiger partial charge in [0.2, 0.25) is 0 Å². The number of carbonyl (C=O) groups is 1. The predicted molar refractivity (Wildman–Crippen MR) is 79.1 cm³/mol. The minimum absolute atomic E-state index is 0.539. The van der Waals surface area contributed by atoms with E-state index in [1.165, 1.54) is 12.7 Å². The molecular formula is C17H15NO2. The molecule has 0 aromatic heterocycles. The number of hydrogen-bond donors (Lipinski definition) is 1. The Morgan fingerprint density at radius 1 is 1.10 bits per heavy atom. The Morgan fingerprint density at radius 2 is 1.80 bits per heavy atom. The third-order valence-electron chi connectivity index (χ3n) is 2.74. The highest BCUT2D eigenvalue weighted by molar-refractivity contribution is 5.89. The Labute approximate surface area is 118 Å². The third-order valence-corrected chi connectivity index (χ3v) is 2.74. The van der Waals surface area contributed by atoms with Crippen molar-refractivity contribution < 1.29 is 9.53 Å². The van der Waals surface area contributed by atoms with E-state index in [4.69, 9.17) is 0 Å². The quantitative estimate of drug-likeness (QED) is 0.685. The number of benzene rings is 2. The maximum Gasteiger partial charge on any atom is 0.384 e. The number of nitrogens with one attached hydrogen (secondary N) is 1. The summed E-state index contributed by atoms with van der Waals surface area (Å²) in [7, 11) is 1.32. The molecule has 0 unspecified atom stereocenters. The standard InChI is InChI=1S/C17H15NO2/c1-20-17(19)12-11-15-9-5-6-10-16(15)18-13-14-7-3-2-4-8-14/h2-10,18H,13H2,1H3. The number of carbonyl (C=O) groups excluding carboxylic acids is 1. The van der Waals surface area contributed by atoms with Crippen LogP contribution < -0.4 is 5.32 Å². The van der Waals surface area contributed by atoms with Gasteiger partial charge in [0.15, 0.2) is 0 Å². The molecule has 0 atom stereocenters. The van der Waals surface area contributed by atoms with Gasteiger partial charge in [-0.3, -0.25) is 0 Å². The second-order valence-electron chi connectivity index (χ2n) is 4.13. The van der Waals surface area contributed by atoms with Gasteiger partial charge in [-0.1, -0.05) is 48.4 Å². The van der Waals surface area contributed by atoms with Gasteiger partial charge in [-0.15, -0.1) is 0 Å². The number of esters is 1. The highest BCUT2D eigenvalue weighted by atomic mass is 16.5. The maximum absolute atomic E-state index is 11.1. The lowest BCUT2D eigenvalue weighted by Gasteiger charge is -2.08. The van der Waals surface area contributed by atoms with Gasteiger partial charge in [0.1, 0.15) is 0 Å². The summed E-state index contributed by atoms with van der Waals surface area (Å²) in [6.07, 6.45) is 0. The molecule has 0 aliphatic rings. The van der Waals surface area contributed by atoms with Crippen LogP contribution in [0.1, 0.15) is 11.1 Å². The van der Waals surface area contributed by atoms with Crippen LogP contribution in [0.2, 0.25) is 0 Å². The van der Waals surface area contributed by atoms with Gasteiger partial charge in [0, 0.05) is 18.0 Å². The van der Waals surface area contributed by atoms with Crippen LogP contribution in [0.4, 0.5) is 5.69 Å². The van der Waals surface area contributed by atoms with Crippen LogP contribution in [-0.4, -0.2) is 13.1 Å². The lowest BCUT2D eigenvalue weighted by molar-refractivity contribution is -0.133. The first-order valence-electron chi connectivity index (χ1n) is 6.26. The normalized spacial score (nSPS) is 9.25. The van der Waals surface area contributed by atoms with Gasteiger partial charge in [-0.05, 0) is 17.7 Å². The van der Waals surface area contributed by atoms with Crippen LogP contribution in [0.25, 0.3) is 0 Å². The van der Waals surface area contributed by atoms with E-state index in [9.17, 15) is 4.79 Å². The summed E-state index contributed by atoms with van der Waals surface area (Å²) in [5.74, 6) is 4.71. The molecule has 2 aromatic carbocycles. The Morgan fingerprint density at radius 3 is 2.55 bits per heavy atom. The molecule has 0 radical (unpaired) electrons. The monoisotopic (exact) mass is 265 g/mol. The molecule has 0 spiro atoms. The summed E-state index contributed by atoms with van der Waals surface area (Å²) >= 11 is 0. The molecule has 3 nitrogen and oxygen atoms in total. The van der Waals surface area contributed by atoms with Crippen LogP contribution in [-0.2, 0) is 16.1 Å². The SMILES string of the molecule is COC(=O)C#Cc1ccccc1NCc1ccccc1. The van der Waals surface area contributed by atoms with Crippen molar-refractivity contribution in [3.8, 4) is 11.8 Å². The fourth-order valence-corrected chi connectivity index (χ4v) is 1.71. The second-order valence-corrected chi connectivity index (χ2v) is 4.13. The largest absolute Gasteiger partial charge is 0.459 e. The van der Waals surface area contributed by atoms with E-state index in [-0.39, 0.29) is 0 Å². The van der Waals surface area contributed by atoms with E-state index >= 15 is 0 Å². The van der Waals surface area contributed by atoms with Crippen molar-refractivity contribution >= 4 is 11.7 Å². The Hall–Kier alpha value is -2.73. The Balaban J connectivity index is 2.11. The summed E-state index contributed by atoms with van der Waals surface area (Å²) in [6, 6.07) is 17.7. The number of methoxy groups -OCH3 is 1. The Kier molecular flexibility index (Phi) is 4.80. The van der Waals surface area contributed by atoms with Crippen LogP contribution in [0, 0.1) is 11.8 Å². The molecule has 2 aromatic rings. The first-order chi connectivity index (χ1) is 9.79. The van der Waals surface area contributed by atoms with Crippen molar-refractivity contribution in [3.05, 3.63) is 65.7 Å². The first kappa shape index (κ1) is 13.7. The highest BCUT2D eigenvalue weighted by Crippen LogP contribution is 2.15. The number of para-hydroxylation sites is 1. The van der Waals surface area contributed by atoms with Crippen LogP contribution >= 0.6 is 0 Å². The molecule has 3 heteroatoms. The third kappa shape index (κ3) is 3.89. The zero-order chi connectivity index (χ0) is 14.2. The second kappa shape index (κ2) is 7.01. The number of hydrogen-bond acceptors (Lipinski definition) is 3. The smallest absolute Gasteiger partial charge is 0.384 e. The molecule has 0 aliphatic carbocycles. The fourth-order valence-electron chi connectivity index (χ4n) is 1.71. The van der Waals surface area contributed by atoms with Crippen LogP contribution in [0.15, 0.2) is 54.6 Å². The van der Waals surface area contributed by atoms with Gasteiger partial charge in [0.25, 0.3) is 0 Å². The molecule has 1 N–H and O–H groups in total. The van der Waals surface area contributed by atoms with E-state index in [1.54, 1.807) is 0 Å². The summed E-state index contributed by atoms with van der Waals surface area (Å²) in [4.78, 5) is 11.1. The summed E-state index contributed by atoms with van der Waals surface area (Å²) in [5.41, 5.74) is 2.85. The molecule has 0 amide bonds. The summed E-state index contributed by atoms with van der Waals surface area (Å²) in [5, 5.41) is 3.32. The van der Waals surface area contributed by atoms with Gasteiger partial charge in [-0.2, -0.15) is 0 Å². The molecule has 0 bridgehead atoms. The molecule has 20 heavy (non-hydrogen) atoms. The van der Waals surface area contributed by atoms with Gasteiger partial charge >= 0.3 is 5.97 Å². The van der Waals surface area contributed by atoms with E-state index in [1.807, 2.05) is 42.5 Å². The average molecular weight is 265 g/mol. The fraction of sp³-hybridized carbons (Fsp3) is 0.118. The van der Waals surface area contributed by atoms with E-state index < -0.39 is 5.97 Å². The maximum atomic E-state index is 11.1. The van der Waals surface area contributed by atoms with Crippen LogP contribution in [0.3, 0.4) is 0 Å². The first-order valence-corrected chi connectivity index (χ1v) is 6.26. The minimum Gasteiger partial charge on any atom is -0.459 e. The molecule has 100 valence electrons. The van der Waals surface area contributed by atoms with E-state index in [0.717, 1.165) is 11.3 Å². The topological polar surface area (TPSA) is 38.3 Å². The molecule has 0 fully saturated rings. The van der Waals surface area contributed by atoms with Crippen molar-refractivity contribution in [1.29, 1.82) is 0 Å². The Bertz CT molecular complexity index is 639. The van der Waals surface area contributed by atoms with Crippen LogP contribution in [0.5, 0.6) is 0 Å². The summed E-state index contributed by atoms with van der Waals surface area (Å²) < 4.78 is 4.51. The molecule has 0 saturated heterocycles. The zero-order valence-corrected chi connectivity index (χ0v) is 11.2. The number of anilines is 1. The minimum atomic E-state index is -0.539. The van der Waals surface area contributed by atoms with Crippen molar-refractivity contribution in [3.63, 3.8) is 0 Å². The van der Waals surface area contributed by atoms with Crippen molar-refractivity contribution in [2.24, 2.45) is 0 Å². The van der Waals surface area contributed by atoms with Crippen molar-refractivity contribution in [1.82, 2.24) is 0 Å². The van der Waals surface area contributed by atoms with E-state index in [2.05, 4.69) is 34.0 Å².